The summed E-state index contributed by atoms with van der Waals surface area (Å²) in [5, 5.41) is 9.81. The van der Waals surface area contributed by atoms with Crippen molar-refractivity contribution in [3.05, 3.63) is 63.8 Å². The SMILES string of the molecule is N#Cc1ccc(Cc2oc3cc(N)ccc3c2Br)cc1. The third kappa shape index (κ3) is 2.28. The molecule has 0 saturated carbocycles. The van der Waals surface area contributed by atoms with Crippen molar-refractivity contribution in [2.75, 3.05) is 5.73 Å². The largest absolute Gasteiger partial charge is 0.459 e. The normalized spacial score (nSPS) is 10.6. The molecule has 0 atom stereocenters. The van der Waals surface area contributed by atoms with Crippen LogP contribution in [0, 0.1) is 11.3 Å². The van der Waals surface area contributed by atoms with Crippen LogP contribution >= 0.6 is 15.9 Å². The van der Waals surface area contributed by atoms with Crippen LogP contribution < -0.4 is 5.73 Å². The topological polar surface area (TPSA) is 63.0 Å². The molecular weight excluding hydrogens is 316 g/mol. The highest BCUT2D eigenvalue weighted by atomic mass is 79.9. The summed E-state index contributed by atoms with van der Waals surface area (Å²) in [4.78, 5) is 0. The Kier molecular flexibility index (Phi) is 3.21. The van der Waals surface area contributed by atoms with E-state index < -0.39 is 0 Å². The molecule has 1 aromatic heterocycles. The summed E-state index contributed by atoms with van der Waals surface area (Å²) in [5.41, 5.74) is 8.98. The highest BCUT2D eigenvalue weighted by Crippen LogP contribution is 2.33. The number of nitrogen functional groups attached to an aromatic ring is 1. The number of nitrogens with two attached hydrogens (primary N) is 1. The maximum atomic E-state index is 8.80. The van der Waals surface area contributed by atoms with Crippen molar-refractivity contribution in [3.63, 3.8) is 0 Å². The lowest BCUT2D eigenvalue weighted by Gasteiger charge is -1.99. The molecule has 1 heterocycles. The van der Waals surface area contributed by atoms with Gasteiger partial charge in [-0.1, -0.05) is 12.1 Å². The fourth-order valence-corrected chi connectivity index (χ4v) is 2.68. The molecule has 0 aliphatic carbocycles. The van der Waals surface area contributed by atoms with Crippen LogP contribution in [-0.2, 0) is 6.42 Å². The van der Waals surface area contributed by atoms with Gasteiger partial charge in [-0.2, -0.15) is 5.26 Å². The van der Waals surface area contributed by atoms with Gasteiger partial charge in [0.15, 0.2) is 0 Å². The second-order valence-electron chi connectivity index (χ2n) is 4.58. The number of rotatable bonds is 2. The standard InChI is InChI=1S/C16H11BrN2O/c17-16-13-6-5-12(19)8-14(13)20-15(16)7-10-1-3-11(9-18)4-2-10/h1-6,8H,7,19H2. The predicted octanol–water partition coefficient (Wildman–Crippen LogP) is 4.24. The van der Waals surface area contributed by atoms with Crippen molar-refractivity contribution in [1.82, 2.24) is 0 Å². The molecule has 2 N–H and O–H groups in total. The van der Waals surface area contributed by atoms with E-state index in [1.807, 2.05) is 42.5 Å². The third-order valence-corrected chi connectivity index (χ3v) is 4.04. The molecule has 3 nitrogen and oxygen atoms in total. The molecule has 98 valence electrons. The Balaban J connectivity index is 1.97. The molecule has 3 rings (SSSR count). The molecular formula is C16H11BrN2O. The van der Waals surface area contributed by atoms with Gasteiger partial charge in [0.1, 0.15) is 11.3 Å². The van der Waals surface area contributed by atoms with Gasteiger partial charge >= 0.3 is 0 Å². The Morgan fingerprint density at radius 3 is 2.60 bits per heavy atom. The molecule has 0 aliphatic heterocycles. The first-order chi connectivity index (χ1) is 9.67. The predicted molar refractivity (Wildman–Crippen MR) is 82.3 cm³/mol. The average Bonchev–Trinajstić information content (AvgIpc) is 2.75. The number of furan rings is 1. The Morgan fingerprint density at radius 1 is 1.15 bits per heavy atom. The summed E-state index contributed by atoms with van der Waals surface area (Å²) in [6.45, 7) is 0. The molecule has 2 aromatic carbocycles. The zero-order valence-electron chi connectivity index (χ0n) is 10.6. The lowest BCUT2D eigenvalue weighted by atomic mass is 10.1. The molecule has 0 amide bonds. The number of anilines is 1. The van der Waals surface area contributed by atoms with Gasteiger partial charge in [-0.25, -0.2) is 0 Å². The van der Waals surface area contributed by atoms with Crippen molar-refractivity contribution in [2.24, 2.45) is 0 Å². The first-order valence-corrected chi connectivity index (χ1v) is 6.92. The summed E-state index contributed by atoms with van der Waals surface area (Å²) in [6.07, 6.45) is 0.668. The van der Waals surface area contributed by atoms with Crippen molar-refractivity contribution in [2.45, 2.75) is 6.42 Å². The van der Waals surface area contributed by atoms with Crippen molar-refractivity contribution in [3.8, 4) is 6.07 Å². The van der Waals surface area contributed by atoms with Gasteiger partial charge in [0, 0.05) is 23.6 Å². The lowest BCUT2D eigenvalue weighted by molar-refractivity contribution is 0.560. The van der Waals surface area contributed by atoms with E-state index in [1.54, 1.807) is 0 Å². The number of hydrogen-bond acceptors (Lipinski definition) is 3. The number of benzene rings is 2. The minimum absolute atomic E-state index is 0.658. The lowest BCUT2D eigenvalue weighted by Crippen LogP contribution is -1.86. The van der Waals surface area contributed by atoms with Crippen molar-refractivity contribution in [1.29, 1.82) is 5.26 Å². The minimum atomic E-state index is 0.658. The van der Waals surface area contributed by atoms with E-state index >= 15 is 0 Å². The summed E-state index contributed by atoms with van der Waals surface area (Å²) in [5.74, 6) is 0.857. The van der Waals surface area contributed by atoms with Gasteiger partial charge in [-0.05, 0) is 45.8 Å². The third-order valence-electron chi connectivity index (χ3n) is 3.17. The monoisotopic (exact) mass is 326 g/mol. The minimum Gasteiger partial charge on any atom is -0.459 e. The number of nitriles is 1. The van der Waals surface area contributed by atoms with Crippen LogP contribution in [0.2, 0.25) is 0 Å². The zero-order chi connectivity index (χ0) is 14.1. The smallest absolute Gasteiger partial charge is 0.137 e. The Labute approximate surface area is 124 Å². The maximum Gasteiger partial charge on any atom is 0.137 e. The zero-order valence-corrected chi connectivity index (χ0v) is 12.1. The number of fused-ring (bicyclic) bond motifs is 1. The van der Waals surface area contributed by atoms with Gasteiger partial charge in [0.2, 0.25) is 0 Å². The first-order valence-electron chi connectivity index (χ1n) is 6.13. The average molecular weight is 327 g/mol. The molecule has 0 unspecified atom stereocenters. The van der Waals surface area contributed by atoms with E-state index in [4.69, 9.17) is 15.4 Å². The molecule has 0 fully saturated rings. The number of halogens is 1. The van der Waals surface area contributed by atoms with Crippen LogP contribution in [0.3, 0.4) is 0 Å². The Bertz CT molecular complexity index is 813. The quantitative estimate of drug-likeness (QED) is 0.716. The summed E-state index contributed by atoms with van der Waals surface area (Å²) in [6, 6.07) is 15.2. The van der Waals surface area contributed by atoms with Crippen molar-refractivity contribution >= 4 is 32.6 Å². The van der Waals surface area contributed by atoms with Gasteiger partial charge in [-0.3, -0.25) is 0 Å². The van der Waals surface area contributed by atoms with Crippen LogP contribution in [-0.4, -0.2) is 0 Å². The van der Waals surface area contributed by atoms with E-state index in [2.05, 4.69) is 22.0 Å². The molecule has 0 aliphatic rings. The second-order valence-corrected chi connectivity index (χ2v) is 5.37. The highest BCUT2D eigenvalue weighted by Gasteiger charge is 2.12. The molecule has 0 bridgehead atoms. The van der Waals surface area contributed by atoms with Gasteiger partial charge in [-0.15, -0.1) is 0 Å². The molecule has 4 heteroatoms. The molecule has 20 heavy (non-hydrogen) atoms. The van der Waals surface area contributed by atoms with Crippen molar-refractivity contribution < 1.29 is 4.42 Å². The van der Waals surface area contributed by atoms with Crippen LogP contribution in [0.1, 0.15) is 16.9 Å². The van der Waals surface area contributed by atoms with Gasteiger partial charge in [0.05, 0.1) is 16.1 Å². The van der Waals surface area contributed by atoms with E-state index in [0.29, 0.717) is 17.7 Å². The van der Waals surface area contributed by atoms with Crippen LogP contribution in [0.25, 0.3) is 11.0 Å². The highest BCUT2D eigenvalue weighted by molar-refractivity contribution is 9.10. The van der Waals surface area contributed by atoms with E-state index in [0.717, 1.165) is 26.8 Å². The van der Waals surface area contributed by atoms with E-state index in [9.17, 15) is 0 Å². The van der Waals surface area contributed by atoms with Gasteiger partial charge < -0.3 is 10.2 Å². The van der Waals surface area contributed by atoms with Crippen LogP contribution in [0.5, 0.6) is 0 Å². The fourth-order valence-electron chi connectivity index (χ4n) is 2.13. The molecule has 0 radical (unpaired) electrons. The van der Waals surface area contributed by atoms with Crippen LogP contribution in [0.15, 0.2) is 51.4 Å². The Morgan fingerprint density at radius 2 is 1.90 bits per heavy atom. The summed E-state index contributed by atoms with van der Waals surface area (Å²) < 4.78 is 6.80. The molecule has 0 spiro atoms. The van der Waals surface area contributed by atoms with Gasteiger partial charge in [0.25, 0.3) is 0 Å². The molecule has 0 saturated heterocycles. The maximum absolute atomic E-state index is 8.80. The molecule has 3 aromatic rings. The number of hydrogen-bond donors (Lipinski definition) is 1. The van der Waals surface area contributed by atoms with E-state index in [-0.39, 0.29) is 0 Å². The second kappa shape index (κ2) is 5.03. The Hall–Kier alpha value is -2.25. The summed E-state index contributed by atoms with van der Waals surface area (Å²) in [7, 11) is 0. The van der Waals surface area contributed by atoms with Crippen LogP contribution in [0.4, 0.5) is 5.69 Å². The van der Waals surface area contributed by atoms with E-state index in [1.165, 1.54) is 0 Å². The first kappa shape index (κ1) is 12.8. The number of nitrogens with zero attached hydrogens (tertiary/aromatic N) is 1. The summed E-state index contributed by atoms with van der Waals surface area (Å²) >= 11 is 3.58. The fraction of sp³-hybridized carbons (Fsp3) is 0.0625.